The number of carbonyl (C=O) groups excluding carboxylic acids is 1. The molecule has 1 N–H and O–H groups in total. The van der Waals surface area contributed by atoms with Crippen LogP contribution in [0.1, 0.15) is 41.7 Å². The summed E-state index contributed by atoms with van der Waals surface area (Å²) in [4.78, 5) is 26.5. The van der Waals surface area contributed by atoms with E-state index in [0.29, 0.717) is 24.6 Å². The van der Waals surface area contributed by atoms with E-state index < -0.39 is 11.9 Å². The van der Waals surface area contributed by atoms with Crippen LogP contribution in [-0.2, 0) is 17.4 Å². The lowest BCUT2D eigenvalue weighted by Crippen LogP contribution is -2.40. The molecule has 5 rings (SSSR count). The maximum atomic E-state index is 13.5. The molecular weight excluding hydrogens is 421 g/mol. The van der Waals surface area contributed by atoms with Crippen LogP contribution < -0.4 is 0 Å². The smallest absolute Gasteiger partial charge is 0.342 e. The highest BCUT2D eigenvalue weighted by Gasteiger charge is 2.35. The van der Waals surface area contributed by atoms with Crippen LogP contribution >= 0.6 is 0 Å². The highest BCUT2D eigenvalue weighted by atomic mass is 19.4. The van der Waals surface area contributed by atoms with E-state index in [1.54, 1.807) is 11.0 Å². The normalized spacial score (nSPS) is 17.4. The van der Waals surface area contributed by atoms with Crippen molar-refractivity contribution in [3.63, 3.8) is 0 Å². The molecule has 0 saturated carbocycles. The first-order valence-electron chi connectivity index (χ1n) is 10.4. The van der Waals surface area contributed by atoms with E-state index in [1.807, 2.05) is 24.3 Å². The fourth-order valence-electron chi connectivity index (χ4n) is 4.31. The highest BCUT2D eigenvalue weighted by Crippen LogP contribution is 2.32. The zero-order valence-electron chi connectivity index (χ0n) is 17.4. The Labute approximate surface area is 181 Å². The van der Waals surface area contributed by atoms with Gasteiger partial charge in [-0.05, 0) is 38.0 Å². The number of rotatable bonds is 3. The van der Waals surface area contributed by atoms with Gasteiger partial charge in [0.15, 0.2) is 5.65 Å². The lowest BCUT2D eigenvalue weighted by molar-refractivity contribution is -0.142. The van der Waals surface area contributed by atoms with Crippen molar-refractivity contribution in [1.82, 2.24) is 29.5 Å². The summed E-state index contributed by atoms with van der Waals surface area (Å²) in [7, 11) is 0. The Morgan fingerprint density at radius 1 is 1.22 bits per heavy atom. The van der Waals surface area contributed by atoms with Crippen LogP contribution in [0.5, 0.6) is 0 Å². The quantitative estimate of drug-likeness (QED) is 0.522. The lowest BCUT2D eigenvalue weighted by Gasteiger charge is -2.31. The predicted octanol–water partition coefficient (Wildman–Crippen LogP) is 3.88. The van der Waals surface area contributed by atoms with E-state index >= 15 is 0 Å². The van der Waals surface area contributed by atoms with Crippen LogP contribution in [0.2, 0.25) is 0 Å². The second-order valence-electron chi connectivity index (χ2n) is 8.18. The maximum absolute atomic E-state index is 13.5. The first-order chi connectivity index (χ1) is 15.3. The number of hydrogen-bond donors (Lipinski definition) is 1. The number of benzene rings is 1. The summed E-state index contributed by atoms with van der Waals surface area (Å²) in [5.74, 6) is 0.384. The second-order valence-corrected chi connectivity index (χ2v) is 8.18. The molecule has 0 radical (unpaired) electrons. The number of likely N-dealkylation sites (tertiary alicyclic amines) is 1. The number of hydrogen-bond acceptors (Lipinski definition) is 4. The largest absolute Gasteiger partial charge is 0.433 e. The third kappa shape index (κ3) is 3.80. The van der Waals surface area contributed by atoms with Gasteiger partial charge in [0.25, 0.3) is 0 Å². The number of nitrogens with zero attached hydrogens (tertiary/aromatic N) is 5. The van der Waals surface area contributed by atoms with Crippen molar-refractivity contribution in [1.29, 1.82) is 0 Å². The molecule has 1 aliphatic heterocycles. The van der Waals surface area contributed by atoms with E-state index in [1.165, 1.54) is 6.92 Å². The second kappa shape index (κ2) is 7.61. The molecular formula is C22H21F3N6O. The van der Waals surface area contributed by atoms with Crippen molar-refractivity contribution in [3.8, 4) is 0 Å². The van der Waals surface area contributed by atoms with Gasteiger partial charge in [-0.15, -0.1) is 0 Å². The van der Waals surface area contributed by atoms with E-state index in [4.69, 9.17) is 0 Å². The molecule has 1 saturated heterocycles. The molecule has 4 heterocycles. The number of H-pyrrole nitrogens is 1. The van der Waals surface area contributed by atoms with Crippen LogP contribution in [0.15, 0.2) is 36.4 Å². The summed E-state index contributed by atoms with van der Waals surface area (Å²) < 4.78 is 41.2. The van der Waals surface area contributed by atoms with Crippen LogP contribution in [0.4, 0.5) is 13.2 Å². The van der Waals surface area contributed by atoms with E-state index in [-0.39, 0.29) is 29.6 Å². The Balaban J connectivity index is 1.36. The molecule has 1 amide bonds. The zero-order valence-corrected chi connectivity index (χ0v) is 17.4. The number of fused-ring (bicyclic) bond motifs is 2. The fraction of sp³-hybridized carbons (Fsp3) is 0.364. The third-order valence-electron chi connectivity index (χ3n) is 5.81. The Hall–Kier alpha value is -3.43. The number of alkyl halides is 3. The number of piperidine rings is 1. The number of nitrogens with one attached hydrogen (secondary N) is 1. The summed E-state index contributed by atoms with van der Waals surface area (Å²) in [6, 6.07) is 10.2. The number of aromatic nitrogens is 5. The summed E-state index contributed by atoms with van der Waals surface area (Å²) in [6.07, 6.45) is -2.89. The minimum atomic E-state index is -4.53. The van der Waals surface area contributed by atoms with Crippen molar-refractivity contribution in [2.24, 2.45) is 0 Å². The van der Waals surface area contributed by atoms with Gasteiger partial charge < -0.3 is 9.88 Å². The molecule has 4 aromatic rings. The highest BCUT2D eigenvalue weighted by molar-refractivity contribution is 5.80. The SMILES string of the molecule is Cc1cc(C(F)(F)F)n2nc([C@@H]3CCCN(C(=O)Cc4nc5ccccc5[nH]4)C3)cc2n1. The molecule has 7 nitrogen and oxygen atoms in total. The molecule has 0 spiro atoms. The van der Waals surface area contributed by atoms with Gasteiger partial charge >= 0.3 is 6.18 Å². The molecule has 1 atom stereocenters. The van der Waals surface area contributed by atoms with E-state index in [2.05, 4.69) is 20.1 Å². The van der Waals surface area contributed by atoms with Gasteiger partial charge in [-0.2, -0.15) is 18.3 Å². The first-order valence-corrected chi connectivity index (χ1v) is 10.4. The molecule has 1 aromatic carbocycles. The molecule has 1 aliphatic rings. The van der Waals surface area contributed by atoms with Crippen molar-refractivity contribution < 1.29 is 18.0 Å². The fourth-order valence-corrected chi connectivity index (χ4v) is 4.31. The van der Waals surface area contributed by atoms with Crippen LogP contribution in [-0.4, -0.2) is 48.5 Å². The monoisotopic (exact) mass is 442 g/mol. The number of halogens is 3. The lowest BCUT2D eigenvalue weighted by atomic mass is 9.94. The number of carbonyl (C=O) groups is 1. The molecule has 166 valence electrons. The Morgan fingerprint density at radius 2 is 2.03 bits per heavy atom. The Bertz CT molecular complexity index is 1280. The molecule has 1 fully saturated rings. The van der Waals surface area contributed by atoms with E-state index in [0.717, 1.165) is 34.5 Å². The van der Waals surface area contributed by atoms with Gasteiger partial charge in [0.1, 0.15) is 11.5 Å². The van der Waals surface area contributed by atoms with Crippen molar-refractivity contribution in [2.75, 3.05) is 13.1 Å². The summed E-state index contributed by atoms with van der Waals surface area (Å²) >= 11 is 0. The standard InChI is InChI=1S/C22H21F3N6O/c1-13-9-18(22(23,24)25)31-20(26-13)10-17(29-31)14-5-4-8-30(12-14)21(32)11-19-27-15-6-2-3-7-16(15)28-19/h2-3,6-7,9-10,14H,4-5,8,11-12H2,1H3,(H,27,28)/t14-/m1/s1. The minimum Gasteiger partial charge on any atom is -0.342 e. The molecule has 32 heavy (non-hydrogen) atoms. The van der Waals surface area contributed by atoms with Crippen molar-refractivity contribution >= 4 is 22.6 Å². The van der Waals surface area contributed by atoms with Crippen molar-refractivity contribution in [2.45, 2.75) is 38.3 Å². The van der Waals surface area contributed by atoms with Crippen LogP contribution in [0.25, 0.3) is 16.7 Å². The summed E-state index contributed by atoms with van der Waals surface area (Å²) in [6.45, 7) is 2.54. The number of aromatic amines is 1. The Morgan fingerprint density at radius 3 is 2.81 bits per heavy atom. The van der Waals surface area contributed by atoms with E-state index in [9.17, 15) is 18.0 Å². The number of aryl methyl sites for hydroxylation is 1. The third-order valence-corrected chi connectivity index (χ3v) is 5.81. The minimum absolute atomic E-state index is 0.0672. The van der Waals surface area contributed by atoms with Gasteiger partial charge in [-0.3, -0.25) is 4.79 Å². The summed E-state index contributed by atoms with van der Waals surface area (Å²) in [5, 5.41) is 4.23. The maximum Gasteiger partial charge on any atom is 0.433 e. The topological polar surface area (TPSA) is 79.2 Å². The van der Waals surface area contributed by atoms with Gasteiger partial charge in [-0.1, -0.05) is 12.1 Å². The van der Waals surface area contributed by atoms with Gasteiger partial charge in [0.2, 0.25) is 5.91 Å². The average molecular weight is 442 g/mol. The average Bonchev–Trinajstić information content (AvgIpc) is 3.35. The van der Waals surface area contributed by atoms with Crippen LogP contribution in [0, 0.1) is 6.92 Å². The number of imidazole rings is 1. The molecule has 0 unspecified atom stereocenters. The molecule has 3 aromatic heterocycles. The molecule has 0 aliphatic carbocycles. The zero-order chi connectivity index (χ0) is 22.5. The van der Waals surface area contributed by atoms with Gasteiger partial charge in [0, 0.05) is 30.8 Å². The first kappa shape index (κ1) is 20.5. The molecule has 10 heteroatoms. The molecule has 0 bridgehead atoms. The van der Waals surface area contributed by atoms with Crippen LogP contribution in [0.3, 0.4) is 0 Å². The number of amides is 1. The van der Waals surface area contributed by atoms with Gasteiger partial charge in [-0.25, -0.2) is 14.5 Å². The predicted molar refractivity (Wildman–Crippen MR) is 111 cm³/mol. The Kier molecular flexibility index (Phi) is 4.87. The number of para-hydroxylation sites is 2. The summed E-state index contributed by atoms with van der Waals surface area (Å²) in [5.41, 5.74) is 1.80. The van der Waals surface area contributed by atoms with Gasteiger partial charge in [0.05, 0.1) is 23.1 Å². The van der Waals surface area contributed by atoms with Crippen molar-refractivity contribution in [3.05, 3.63) is 59.3 Å².